The molecule has 0 amide bonds. The summed E-state index contributed by atoms with van der Waals surface area (Å²) in [5, 5.41) is 3.48. The summed E-state index contributed by atoms with van der Waals surface area (Å²) in [6.07, 6.45) is 0. The summed E-state index contributed by atoms with van der Waals surface area (Å²) < 4.78 is 18.8. The molecule has 3 rings (SSSR count). The van der Waals surface area contributed by atoms with Gasteiger partial charge in [-0.2, -0.15) is 0 Å². The molecule has 0 aliphatic carbocycles. The van der Waals surface area contributed by atoms with Crippen molar-refractivity contribution in [2.75, 3.05) is 7.11 Å². The molecule has 1 atom stereocenters. The first-order valence-electron chi connectivity index (χ1n) is 8.92. The molecule has 0 aromatic heterocycles. The van der Waals surface area contributed by atoms with Crippen LogP contribution in [0.3, 0.4) is 0 Å². The molecule has 3 aromatic carbocycles. The SMILES string of the molecule is COc1cccc(S(=O)C(C)(C)C)c1P(c1ccccc1)c1ccccc1. The molecule has 1 unspecified atom stereocenters. The van der Waals surface area contributed by atoms with Crippen LogP contribution in [0.2, 0.25) is 0 Å². The van der Waals surface area contributed by atoms with Crippen molar-refractivity contribution in [1.29, 1.82) is 0 Å². The Bertz CT molecular complexity index is 879. The van der Waals surface area contributed by atoms with Crippen LogP contribution in [0.5, 0.6) is 5.75 Å². The molecule has 0 aliphatic rings. The fraction of sp³-hybridized carbons (Fsp3) is 0.217. The number of ether oxygens (including phenoxy) is 1. The quantitative estimate of drug-likeness (QED) is 0.599. The Kier molecular flexibility index (Phi) is 6.14. The molecule has 0 aliphatic heterocycles. The number of methoxy groups -OCH3 is 1. The van der Waals surface area contributed by atoms with Gasteiger partial charge in [-0.05, 0) is 51.4 Å². The fourth-order valence-corrected chi connectivity index (χ4v) is 7.03. The predicted octanol–water partition coefficient (Wildman–Crippen LogP) is 4.36. The Morgan fingerprint density at radius 1 is 0.778 bits per heavy atom. The molecular formula is C23H25O2PS. The van der Waals surface area contributed by atoms with Crippen LogP contribution < -0.4 is 20.7 Å². The lowest BCUT2D eigenvalue weighted by molar-refractivity contribution is 0.417. The van der Waals surface area contributed by atoms with Crippen LogP contribution in [-0.2, 0) is 10.8 Å². The van der Waals surface area contributed by atoms with E-state index in [4.69, 9.17) is 4.74 Å². The highest BCUT2D eigenvalue weighted by atomic mass is 32.2. The Morgan fingerprint density at radius 3 is 1.74 bits per heavy atom. The maximum atomic E-state index is 13.4. The molecule has 0 spiro atoms. The van der Waals surface area contributed by atoms with Crippen molar-refractivity contribution in [3.8, 4) is 5.75 Å². The molecule has 0 heterocycles. The first-order valence-corrected chi connectivity index (χ1v) is 11.4. The molecule has 2 nitrogen and oxygen atoms in total. The number of rotatable bonds is 5. The average molecular weight is 396 g/mol. The van der Waals surface area contributed by atoms with Crippen molar-refractivity contribution in [3.63, 3.8) is 0 Å². The van der Waals surface area contributed by atoms with Gasteiger partial charge in [-0.3, -0.25) is 4.21 Å². The molecule has 4 heteroatoms. The predicted molar refractivity (Wildman–Crippen MR) is 118 cm³/mol. The topological polar surface area (TPSA) is 26.3 Å². The maximum Gasteiger partial charge on any atom is 0.128 e. The van der Waals surface area contributed by atoms with Crippen LogP contribution >= 0.6 is 7.92 Å². The lowest BCUT2D eigenvalue weighted by Gasteiger charge is -2.27. The van der Waals surface area contributed by atoms with Crippen molar-refractivity contribution >= 4 is 34.6 Å². The fourth-order valence-electron chi connectivity index (χ4n) is 2.93. The maximum absolute atomic E-state index is 13.4. The molecule has 0 N–H and O–H groups in total. The van der Waals surface area contributed by atoms with Crippen LogP contribution in [-0.4, -0.2) is 16.1 Å². The van der Waals surface area contributed by atoms with E-state index >= 15 is 0 Å². The zero-order chi connectivity index (χ0) is 19.4. The first-order chi connectivity index (χ1) is 12.9. The summed E-state index contributed by atoms with van der Waals surface area (Å²) in [4.78, 5) is 0.862. The summed E-state index contributed by atoms with van der Waals surface area (Å²) in [5.74, 6) is 0.795. The van der Waals surface area contributed by atoms with E-state index in [0.717, 1.165) is 15.9 Å². The third-order valence-corrected chi connectivity index (χ3v) is 8.73. The summed E-state index contributed by atoms with van der Waals surface area (Å²) in [7, 11) is -0.361. The van der Waals surface area contributed by atoms with E-state index in [1.54, 1.807) is 7.11 Å². The molecule has 0 radical (unpaired) electrons. The Balaban J connectivity index is 2.31. The lowest BCUT2D eigenvalue weighted by Crippen LogP contribution is -2.30. The normalized spacial score (nSPS) is 12.8. The third kappa shape index (κ3) is 4.31. The van der Waals surface area contributed by atoms with E-state index in [-0.39, 0.29) is 4.75 Å². The molecule has 0 saturated heterocycles. The molecule has 0 saturated carbocycles. The lowest BCUT2D eigenvalue weighted by atomic mass is 10.3. The zero-order valence-corrected chi connectivity index (χ0v) is 17.9. The highest BCUT2D eigenvalue weighted by Gasteiger charge is 2.30. The minimum atomic E-state index is -1.16. The van der Waals surface area contributed by atoms with E-state index in [0.29, 0.717) is 0 Å². The van der Waals surface area contributed by atoms with Gasteiger partial charge in [-0.15, -0.1) is 0 Å². The third-order valence-electron chi connectivity index (χ3n) is 4.19. The van der Waals surface area contributed by atoms with Gasteiger partial charge in [-0.25, -0.2) is 0 Å². The Morgan fingerprint density at radius 2 is 1.30 bits per heavy atom. The second kappa shape index (κ2) is 8.37. The van der Waals surface area contributed by atoms with Crippen molar-refractivity contribution < 1.29 is 8.95 Å². The molecule has 140 valence electrons. The average Bonchev–Trinajstić information content (AvgIpc) is 2.68. The van der Waals surface area contributed by atoms with Gasteiger partial charge in [0.25, 0.3) is 0 Å². The van der Waals surface area contributed by atoms with Gasteiger partial charge in [0.05, 0.1) is 22.8 Å². The van der Waals surface area contributed by atoms with Crippen molar-refractivity contribution in [1.82, 2.24) is 0 Å². The number of hydrogen-bond acceptors (Lipinski definition) is 2. The van der Waals surface area contributed by atoms with E-state index in [1.165, 1.54) is 10.6 Å². The van der Waals surface area contributed by atoms with Gasteiger partial charge >= 0.3 is 0 Å². The van der Waals surface area contributed by atoms with Crippen LogP contribution in [0, 0.1) is 0 Å². The van der Waals surface area contributed by atoms with Gasteiger partial charge < -0.3 is 4.74 Å². The van der Waals surface area contributed by atoms with Crippen molar-refractivity contribution in [2.24, 2.45) is 0 Å². The highest BCUT2D eigenvalue weighted by molar-refractivity contribution is 7.88. The van der Waals surface area contributed by atoms with Gasteiger partial charge in [0, 0.05) is 10.1 Å². The molecule has 3 aromatic rings. The second-order valence-corrected chi connectivity index (χ2v) is 11.5. The van der Waals surface area contributed by atoms with Gasteiger partial charge in [0.1, 0.15) is 5.75 Å². The Hall–Kier alpha value is -1.96. The number of benzene rings is 3. The van der Waals surface area contributed by atoms with E-state index < -0.39 is 18.7 Å². The van der Waals surface area contributed by atoms with E-state index in [9.17, 15) is 4.21 Å². The van der Waals surface area contributed by atoms with E-state index in [1.807, 2.05) is 51.1 Å². The Labute approximate surface area is 165 Å². The van der Waals surface area contributed by atoms with Crippen LogP contribution in [0.4, 0.5) is 0 Å². The van der Waals surface area contributed by atoms with Gasteiger partial charge in [-0.1, -0.05) is 66.7 Å². The molecule has 27 heavy (non-hydrogen) atoms. The summed E-state index contributed by atoms with van der Waals surface area (Å²) in [6, 6.07) is 26.8. The smallest absolute Gasteiger partial charge is 0.128 e. The minimum Gasteiger partial charge on any atom is -0.496 e. The minimum absolute atomic E-state index is 0.352. The van der Waals surface area contributed by atoms with Crippen LogP contribution in [0.25, 0.3) is 0 Å². The molecular weight excluding hydrogens is 371 g/mol. The molecule has 0 bridgehead atoms. The largest absolute Gasteiger partial charge is 0.496 e. The zero-order valence-electron chi connectivity index (χ0n) is 16.2. The second-order valence-electron chi connectivity index (χ2n) is 7.19. The van der Waals surface area contributed by atoms with Gasteiger partial charge in [0.15, 0.2) is 0 Å². The van der Waals surface area contributed by atoms with Gasteiger partial charge in [0.2, 0.25) is 0 Å². The van der Waals surface area contributed by atoms with E-state index in [2.05, 4.69) is 48.5 Å². The monoisotopic (exact) mass is 396 g/mol. The van der Waals surface area contributed by atoms with Crippen molar-refractivity contribution in [2.45, 2.75) is 30.4 Å². The molecule has 0 fully saturated rings. The number of hydrogen-bond donors (Lipinski definition) is 0. The standard InChI is InChI=1S/C23H25O2PS/c1-23(2,3)27(24)21-17-11-16-20(25-4)22(21)26(18-12-7-5-8-13-18)19-14-9-6-10-15-19/h5-17H,1-4H3. The summed E-state index contributed by atoms with van der Waals surface area (Å²) >= 11 is 0. The van der Waals surface area contributed by atoms with Crippen molar-refractivity contribution in [3.05, 3.63) is 78.9 Å². The summed E-state index contributed by atoms with van der Waals surface area (Å²) in [5.41, 5.74) is 0. The van der Waals surface area contributed by atoms with Crippen LogP contribution in [0.1, 0.15) is 20.8 Å². The summed E-state index contributed by atoms with van der Waals surface area (Å²) in [6.45, 7) is 6.04. The van der Waals surface area contributed by atoms with Crippen LogP contribution in [0.15, 0.2) is 83.8 Å². The highest BCUT2D eigenvalue weighted by Crippen LogP contribution is 2.40. The first kappa shape index (κ1) is 19.8.